The Balaban J connectivity index is 1.58. The fraction of sp³-hybridized carbons (Fsp3) is 0.500. The third-order valence-corrected chi connectivity index (χ3v) is 4.69. The molecule has 0 bridgehead atoms. The standard InChI is InChI=1S/C18H23FN6O3/c1-11(19)28-17-8-15(23-24-17)21-14-3-2-13-18(22-14)25(16(10-26)20-13)9-12-4-6-27-7-5-12/h2-3,8,11-12,26H,4-7,9-10H2,1H3,(H2,21,22,23,24). The number of anilines is 2. The maximum absolute atomic E-state index is 12.9. The number of hydrogen-bond acceptors (Lipinski definition) is 7. The molecule has 1 aliphatic heterocycles. The van der Waals surface area contributed by atoms with Crippen molar-refractivity contribution in [2.45, 2.75) is 39.3 Å². The van der Waals surface area contributed by atoms with E-state index >= 15 is 0 Å². The Kier molecular flexibility index (Phi) is 5.40. The lowest BCUT2D eigenvalue weighted by Gasteiger charge is -2.23. The van der Waals surface area contributed by atoms with Crippen molar-refractivity contribution < 1.29 is 19.0 Å². The number of nitrogens with zero attached hydrogens (tertiary/aromatic N) is 4. The van der Waals surface area contributed by atoms with Gasteiger partial charge in [-0.05, 0) is 30.9 Å². The fourth-order valence-electron chi connectivity index (χ4n) is 3.35. The first kappa shape index (κ1) is 18.6. The Bertz CT molecular complexity index is 935. The largest absolute Gasteiger partial charge is 0.442 e. The van der Waals surface area contributed by atoms with Crippen LogP contribution in [0.4, 0.5) is 16.0 Å². The van der Waals surface area contributed by atoms with Gasteiger partial charge >= 0.3 is 0 Å². The van der Waals surface area contributed by atoms with Crippen molar-refractivity contribution in [2.75, 3.05) is 18.5 Å². The van der Waals surface area contributed by atoms with Crippen LogP contribution in [-0.4, -0.2) is 49.4 Å². The molecule has 150 valence electrons. The minimum absolute atomic E-state index is 0.148. The molecule has 0 radical (unpaired) electrons. The molecule has 3 N–H and O–H groups in total. The van der Waals surface area contributed by atoms with Gasteiger partial charge in [0.25, 0.3) is 0 Å². The summed E-state index contributed by atoms with van der Waals surface area (Å²) in [5.41, 5.74) is 1.43. The molecule has 3 aromatic rings. The lowest BCUT2D eigenvalue weighted by Crippen LogP contribution is -2.21. The number of fused-ring (bicyclic) bond motifs is 1. The number of pyridine rings is 1. The van der Waals surface area contributed by atoms with Crippen LogP contribution in [0.25, 0.3) is 11.2 Å². The summed E-state index contributed by atoms with van der Waals surface area (Å²) in [4.78, 5) is 9.15. The van der Waals surface area contributed by atoms with Crippen LogP contribution in [0.15, 0.2) is 18.2 Å². The van der Waals surface area contributed by atoms with Crippen LogP contribution >= 0.6 is 0 Å². The van der Waals surface area contributed by atoms with Crippen molar-refractivity contribution in [1.82, 2.24) is 24.7 Å². The zero-order valence-corrected chi connectivity index (χ0v) is 15.6. The first-order valence-corrected chi connectivity index (χ1v) is 9.30. The van der Waals surface area contributed by atoms with Gasteiger partial charge in [-0.25, -0.2) is 14.4 Å². The zero-order valence-electron chi connectivity index (χ0n) is 15.6. The van der Waals surface area contributed by atoms with Crippen molar-refractivity contribution in [2.24, 2.45) is 5.92 Å². The minimum Gasteiger partial charge on any atom is -0.442 e. The van der Waals surface area contributed by atoms with Crippen LogP contribution < -0.4 is 10.1 Å². The van der Waals surface area contributed by atoms with Crippen molar-refractivity contribution >= 4 is 22.8 Å². The highest BCUT2D eigenvalue weighted by molar-refractivity contribution is 5.74. The zero-order chi connectivity index (χ0) is 19.5. The third kappa shape index (κ3) is 4.07. The van der Waals surface area contributed by atoms with E-state index in [1.165, 1.54) is 6.92 Å². The molecule has 0 spiro atoms. The summed E-state index contributed by atoms with van der Waals surface area (Å²) < 4.78 is 25.2. The molecule has 4 heterocycles. The number of aromatic nitrogens is 5. The molecule has 10 heteroatoms. The minimum atomic E-state index is -1.44. The molecular formula is C18H23FN6O3. The van der Waals surface area contributed by atoms with Crippen molar-refractivity contribution in [3.05, 3.63) is 24.0 Å². The fourth-order valence-corrected chi connectivity index (χ4v) is 3.35. The molecule has 1 aliphatic rings. The normalized spacial score (nSPS) is 16.4. The monoisotopic (exact) mass is 390 g/mol. The third-order valence-electron chi connectivity index (χ3n) is 4.69. The molecule has 0 aliphatic carbocycles. The van der Waals surface area contributed by atoms with Crippen LogP contribution in [0.3, 0.4) is 0 Å². The Labute approximate surface area is 160 Å². The molecule has 1 fully saturated rings. The van der Waals surface area contributed by atoms with E-state index in [-0.39, 0.29) is 12.5 Å². The number of aliphatic hydroxyl groups excluding tert-OH is 1. The molecule has 0 amide bonds. The van der Waals surface area contributed by atoms with E-state index in [2.05, 4.69) is 25.5 Å². The molecule has 3 aromatic heterocycles. The van der Waals surface area contributed by atoms with Crippen molar-refractivity contribution in [3.63, 3.8) is 0 Å². The van der Waals surface area contributed by atoms with E-state index in [1.807, 2.05) is 10.6 Å². The van der Waals surface area contributed by atoms with Crippen LogP contribution in [0.2, 0.25) is 0 Å². The molecule has 9 nitrogen and oxygen atoms in total. The van der Waals surface area contributed by atoms with Gasteiger partial charge in [-0.15, -0.1) is 5.10 Å². The topological polar surface area (TPSA) is 110 Å². The number of nitrogens with one attached hydrogen (secondary N) is 2. The van der Waals surface area contributed by atoms with Gasteiger partial charge in [0, 0.05) is 32.7 Å². The summed E-state index contributed by atoms with van der Waals surface area (Å²) >= 11 is 0. The lowest BCUT2D eigenvalue weighted by molar-refractivity contribution is 0.0609. The van der Waals surface area contributed by atoms with E-state index in [9.17, 15) is 9.50 Å². The Morgan fingerprint density at radius 2 is 2.21 bits per heavy atom. The number of halogens is 1. The molecule has 0 saturated carbocycles. The molecular weight excluding hydrogens is 367 g/mol. The number of hydrogen-bond donors (Lipinski definition) is 3. The average Bonchev–Trinajstić information content (AvgIpc) is 3.26. The first-order chi connectivity index (χ1) is 13.6. The summed E-state index contributed by atoms with van der Waals surface area (Å²) in [6, 6.07) is 5.19. The molecule has 0 aromatic carbocycles. The van der Waals surface area contributed by atoms with Gasteiger partial charge in [-0.1, -0.05) is 0 Å². The average molecular weight is 390 g/mol. The van der Waals surface area contributed by atoms with Gasteiger partial charge in [-0.2, -0.15) is 0 Å². The highest BCUT2D eigenvalue weighted by atomic mass is 19.1. The quantitative estimate of drug-likeness (QED) is 0.568. The summed E-state index contributed by atoms with van der Waals surface area (Å²) in [6.07, 6.45) is 0.515. The molecule has 1 unspecified atom stereocenters. The number of imidazole rings is 1. The molecule has 28 heavy (non-hydrogen) atoms. The van der Waals surface area contributed by atoms with Gasteiger partial charge in [0.05, 0.1) is 0 Å². The smallest absolute Gasteiger partial charge is 0.237 e. The number of aliphatic hydroxyl groups is 1. The number of ether oxygens (including phenoxy) is 2. The molecule has 1 atom stereocenters. The van der Waals surface area contributed by atoms with Crippen molar-refractivity contribution in [1.29, 1.82) is 0 Å². The summed E-state index contributed by atoms with van der Waals surface area (Å²) in [6.45, 7) is 3.39. The number of rotatable bonds is 7. The Morgan fingerprint density at radius 1 is 1.39 bits per heavy atom. The van der Waals surface area contributed by atoms with E-state index in [0.29, 0.717) is 29.0 Å². The second-order valence-corrected chi connectivity index (χ2v) is 6.80. The van der Waals surface area contributed by atoms with E-state index in [0.717, 1.165) is 38.1 Å². The van der Waals surface area contributed by atoms with Crippen LogP contribution in [-0.2, 0) is 17.9 Å². The van der Waals surface area contributed by atoms with Crippen LogP contribution in [0, 0.1) is 5.92 Å². The number of H-pyrrole nitrogens is 1. The number of aromatic amines is 1. The van der Waals surface area contributed by atoms with Crippen LogP contribution in [0.1, 0.15) is 25.6 Å². The SMILES string of the molecule is CC(F)Oc1cc(Nc2ccc3nc(CO)n(CC4CCOCC4)c3n2)[nH]n1. The summed E-state index contributed by atoms with van der Waals surface area (Å²) in [5, 5.41) is 19.4. The predicted molar refractivity (Wildman–Crippen MR) is 100 cm³/mol. The summed E-state index contributed by atoms with van der Waals surface area (Å²) in [7, 11) is 0. The Hall–Kier alpha value is -2.72. The van der Waals surface area contributed by atoms with E-state index < -0.39 is 6.36 Å². The molecule has 4 rings (SSSR count). The highest BCUT2D eigenvalue weighted by Gasteiger charge is 2.19. The predicted octanol–water partition coefficient (Wildman–Crippen LogP) is 2.51. The van der Waals surface area contributed by atoms with Crippen molar-refractivity contribution in [3.8, 4) is 5.88 Å². The second kappa shape index (κ2) is 8.11. The summed E-state index contributed by atoms with van der Waals surface area (Å²) in [5.74, 6) is 2.32. The number of alkyl halides is 1. The van der Waals surface area contributed by atoms with Gasteiger partial charge in [0.15, 0.2) is 5.65 Å². The van der Waals surface area contributed by atoms with Gasteiger partial charge in [0.2, 0.25) is 12.2 Å². The highest BCUT2D eigenvalue weighted by Crippen LogP contribution is 2.24. The van der Waals surface area contributed by atoms with Gasteiger partial charge < -0.3 is 24.5 Å². The lowest BCUT2D eigenvalue weighted by atomic mass is 10.0. The van der Waals surface area contributed by atoms with Gasteiger partial charge in [0.1, 0.15) is 29.6 Å². The maximum Gasteiger partial charge on any atom is 0.237 e. The van der Waals surface area contributed by atoms with Crippen LogP contribution in [0.5, 0.6) is 5.88 Å². The first-order valence-electron chi connectivity index (χ1n) is 9.30. The van der Waals surface area contributed by atoms with E-state index in [1.54, 1.807) is 12.1 Å². The van der Waals surface area contributed by atoms with E-state index in [4.69, 9.17) is 9.47 Å². The molecule has 1 saturated heterocycles. The van der Waals surface area contributed by atoms with Gasteiger partial charge in [-0.3, -0.25) is 5.10 Å². The maximum atomic E-state index is 12.9. The Morgan fingerprint density at radius 3 is 2.96 bits per heavy atom. The second-order valence-electron chi connectivity index (χ2n) is 6.80.